The average Bonchev–Trinajstić information content (AvgIpc) is 2.74. The van der Waals surface area contributed by atoms with E-state index in [4.69, 9.17) is 0 Å². The number of aryl methyl sites for hydroxylation is 1. The van der Waals surface area contributed by atoms with Gasteiger partial charge < -0.3 is 4.57 Å². The Kier molecular flexibility index (Phi) is 2.69. The first kappa shape index (κ1) is 9.70. The molecule has 4 heteroatoms. The highest BCUT2D eigenvalue weighted by Gasteiger charge is 2.24. The average molecular weight is 223 g/mol. The summed E-state index contributed by atoms with van der Waals surface area (Å²) in [5, 5.41) is 8.76. The summed E-state index contributed by atoms with van der Waals surface area (Å²) >= 11 is 2.08. The van der Waals surface area contributed by atoms with Crippen LogP contribution in [0.25, 0.3) is 0 Å². The molecule has 0 radical (unpaired) electrons. The lowest BCUT2D eigenvalue weighted by Crippen LogP contribution is -2.18. The molecule has 3 rings (SSSR count). The molecular formula is C11H17N3S. The van der Waals surface area contributed by atoms with E-state index in [0.717, 1.165) is 13.0 Å². The first-order chi connectivity index (χ1) is 7.45. The van der Waals surface area contributed by atoms with Crippen molar-refractivity contribution < 1.29 is 0 Å². The van der Waals surface area contributed by atoms with E-state index in [1.54, 1.807) is 0 Å². The minimum Gasteiger partial charge on any atom is -0.315 e. The molecule has 1 aromatic rings. The predicted molar refractivity (Wildman–Crippen MR) is 62.3 cm³/mol. The maximum absolute atomic E-state index is 4.43. The van der Waals surface area contributed by atoms with Gasteiger partial charge in [-0.05, 0) is 37.2 Å². The van der Waals surface area contributed by atoms with Crippen LogP contribution in [0.5, 0.6) is 0 Å². The zero-order valence-electron chi connectivity index (χ0n) is 8.98. The van der Waals surface area contributed by atoms with E-state index in [2.05, 4.69) is 26.5 Å². The van der Waals surface area contributed by atoms with Gasteiger partial charge in [-0.2, -0.15) is 11.8 Å². The second-order valence-corrected chi connectivity index (χ2v) is 5.69. The maximum Gasteiger partial charge on any atom is 0.136 e. The van der Waals surface area contributed by atoms with Gasteiger partial charge in [0.15, 0.2) is 0 Å². The molecule has 2 aliphatic heterocycles. The Morgan fingerprint density at radius 2 is 2.00 bits per heavy atom. The lowest BCUT2D eigenvalue weighted by molar-refractivity contribution is 0.478. The van der Waals surface area contributed by atoms with Crippen LogP contribution < -0.4 is 0 Å². The van der Waals surface area contributed by atoms with Crippen molar-refractivity contribution in [1.29, 1.82) is 0 Å². The highest BCUT2D eigenvalue weighted by Crippen LogP contribution is 2.31. The maximum atomic E-state index is 4.43. The van der Waals surface area contributed by atoms with Crippen molar-refractivity contribution in [2.75, 3.05) is 11.5 Å². The number of rotatable bonds is 1. The summed E-state index contributed by atoms with van der Waals surface area (Å²) in [5.74, 6) is 5.80. The molecule has 1 aromatic heterocycles. The van der Waals surface area contributed by atoms with Gasteiger partial charge >= 0.3 is 0 Å². The molecule has 0 bridgehead atoms. The minimum atomic E-state index is 0.686. The van der Waals surface area contributed by atoms with Crippen LogP contribution in [0, 0.1) is 0 Å². The summed E-state index contributed by atoms with van der Waals surface area (Å²) in [4.78, 5) is 0. The van der Waals surface area contributed by atoms with Crippen LogP contribution >= 0.6 is 11.8 Å². The quantitative estimate of drug-likeness (QED) is 0.731. The van der Waals surface area contributed by atoms with Crippen LogP contribution in [0.4, 0.5) is 0 Å². The van der Waals surface area contributed by atoms with Gasteiger partial charge in [0.25, 0.3) is 0 Å². The van der Waals surface area contributed by atoms with Crippen molar-refractivity contribution in [3.63, 3.8) is 0 Å². The highest BCUT2D eigenvalue weighted by molar-refractivity contribution is 7.99. The van der Waals surface area contributed by atoms with Gasteiger partial charge in [0, 0.05) is 18.9 Å². The Morgan fingerprint density at radius 1 is 1.13 bits per heavy atom. The lowest BCUT2D eigenvalue weighted by Gasteiger charge is -2.23. The number of nitrogens with zero attached hydrogens (tertiary/aromatic N) is 3. The summed E-state index contributed by atoms with van der Waals surface area (Å²) in [7, 11) is 0. The molecule has 82 valence electrons. The number of fused-ring (bicyclic) bond motifs is 1. The van der Waals surface area contributed by atoms with Gasteiger partial charge in [-0.1, -0.05) is 0 Å². The summed E-state index contributed by atoms with van der Waals surface area (Å²) in [6.07, 6.45) is 6.32. The smallest absolute Gasteiger partial charge is 0.136 e. The van der Waals surface area contributed by atoms with Crippen molar-refractivity contribution in [3.05, 3.63) is 11.6 Å². The Bertz CT molecular complexity index is 342. The van der Waals surface area contributed by atoms with Gasteiger partial charge in [0.1, 0.15) is 11.6 Å². The lowest BCUT2D eigenvalue weighted by atomic mass is 10.0. The van der Waals surface area contributed by atoms with Crippen molar-refractivity contribution in [1.82, 2.24) is 14.8 Å². The molecule has 3 heterocycles. The Hall–Kier alpha value is -0.510. The fraction of sp³-hybridized carbons (Fsp3) is 0.818. The fourth-order valence-corrected chi connectivity index (χ4v) is 3.70. The van der Waals surface area contributed by atoms with Crippen LogP contribution in [0.15, 0.2) is 0 Å². The SMILES string of the molecule is C1CCn2c(nnc2C2CCSCC2)C1. The number of aromatic nitrogens is 3. The molecule has 0 amide bonds. The Labute approximate surface area is 94.7 Å². The first-order valence-electron chi connectivity index (χ1n) is 5.95. The third kappa shape index (κ3) is 1.80. The van der Waals surface area contributed by atoms with E-state index in [-0.39, 0.29) is 0 Å². The molecule has 0 spiro atoms. The molecule has 3 nitrogen and oxygen atoms in total. The monoisotopic (exact) mass is 223 g/mol. The fourth-order valence-electron chi connectivity index (χ4n) is 2.59. The van der Waals surface area contributed by atoms with E-state index < -0.39 is 0 Å². The van der Waals surface area contributed by atoms with Crippen molar-refractivity contribution in [2.24, 2.45) is 0 Å². The molecular weight excluding hydrogens is 206 g/mol. The molecule has 0 saturated carbocycles. The molecule has 15 heavy (non-hydrogen) atoms. The molecule has 0 aliphatic carbocycles. The standard InChI is InChI=1S/C11H17N3S/c1-2-6-14-10(3-1)12-13-11(14)9-4-7-15-8-5-9/h9H,1-8H2. The summed E-state index contributed by atoms with van der Waals surface area (Å²) in [6.45, 7) is 1.15. The summed E-state index contributed by atoms with van der Waals surface area (Å²) in [6, 6.07) is 0. The van der Waals surface area contributed by atoms with E-state index in [1.165, 1.54) is 48.8 Å². The zero-order chi connectivity index (χ0) is 10.1. The Morgan fingerprint density at radius 3 is 2.87 bits per heavy atom. The third-order valence-corrected chi connectivity index (χ3v) is 4.52. The predicted octanol–water partition coefficient (Wildman–Crippen LogP) is 2.23. The minimum absolute atomic E-state index is 0.686. The van der Waals surface area contributed by atoms with E-state index in [9.17, 15) is 0 Å². The van der Waals surface area contributed by atoms with Crippen LogP contribution in [0.1, 0.15) is 43.3 Å². The largest absolute Gasteiger partial charge is 0.315 e. The van der Waals surface area contributed by atoms with Crippen LogP contribution in [-0.2, 0) is 13.0 Å². The first-order valence-corrected chi connectivity index (χ1v) is 7.10. The molecule has 0 unspecified atom stereocenters. The number of hydrogen-bond acceptors (Lipinski definition) is 3. The van der Waals surface area contributed by atoms with E-state index >= 15 is 0 Å². The van der Waals surface area contributed by atoms with Crippen LogP contribution in [0.3, 0.4) is 0 Å². The van der Waals surface area contributed by atoms with Crippen LogP contribution in [-0.4, -0.2) is 26.3 Å². The normalized spacial score (nSPS) is 22.7. The van der Waals surface area contributed by atoms with Gasteiger partial charge in [-0.3, -0.25) is 0 Å². The third-order valence-electron chi connectivity index (χ3n) is 3.47. The van der Waals surface area contributed by atoms with Gasteiger partial charge in [0.2, 0.25) is 0 Å². The topological polar surface area (TPSA) is 30.7 Å². The zero-order valence-corrected chi connectivity index (χ0v) is 9.80. The number of thioether (sulfide) groups is 1. The number of hydrogen-bond donors (Lipinski definition) is 0. The molecule has 0 atom stereocenters. The molecule has 0 aromatic carbocycles. The van der Waals surface area contributed by atoms with Crippen molar-refractivity contribution in [2.45, 2.75) is 44.6 Å². The molecule has 2 aliphatic rings. The van der Waals surface area contributed by atoms with Gasteiger partial charge in [-0.15, -0.1) is 10.2 Å². The second-order valence-electron chi connectivity index (χ2n) is 4.47. The highest BCUT2D eigenvalue weighted by atomic mass is 32.2. The van der Waals surface area contributed by atoms with E-state index in [1.807, 2.05) is 0 Å². The molecule has 1 fully saturated rings. The molecule has 1 saturated heterocycles. The van der Waals surface area contributed by atoms with Crippen molar-refractivity contribution >= 4 is 11.8 Å². The van der Waals surface area contributed by atoms with Crippen LogP contribution in [0.2, 0.25) is 0 Å². The second kappa shape index (κ2) is 4.16. The van der Waals surface area contributed by atoms with E-state index in [0.29, 0.717) is 5.92 Å². The Balaban J connectivity index is 1.87. The van der Waals surface area contributed by atoms with Crippen molar-refractivity contribution in [3.8, 4) is 0 Å². The summed E-state index contributed by atoms with van der Waals surface area (Å²) < 4.78 is 2.39. The summed E-state index contributed by atoms with van der Waals surface area (Å²) in [5.41, 5.74) is 0. The van der Waals surface area contributed by atoms with Gasteiger partial charge in [0.05, 0.1) is 0 Å². The van der Waals surface area contributed by atoms with Gasteiger partial charge in [-0.25, -0.2) is 0 Å². The molecule has 0 N–H and O–H groups in total.